The fourth-order valence-electron chi connectivity index (χ4n) is 3.99. The number of anilines is 1. The SMILES string of the molecule is [2H]c1cccc2c1OCN(C(=O)c1c(Cl)cc(N3CC4(CNC4)C3)cc1Cl)C2. The summed E-state index contributed by atoms with van der Waals surface area (Å²) in [5, 5.41) is 4.01. The molecule has 140 valence electrons. The van der Waals surface area contributed by atoms with E-state index < -0.39 is 0 Å². The van der Waals surface area contributed by atoms with Gasteiger partial charge < -0.3 is 19.9 Å². The van der Waals surface area contributed by atoms with Crippen LogP contribution in [0, 0.1) is 5.41 Å². The third kappa shape index (κ3) is 2.85. The van der Waals surface area contributed by atoms with E-state index in [0.717, 1.165) is 37.4 Å². The first-order valence-corrected chi connectivity index (χ1v) is 9.67. The molecule has 3 aliphatic heterocycles. The minimum absolute atomic E-state index is 0.0672. The smallest absolute Gasteiger partial charge is 0.259 e. The van der Waals surface area contributed by atoms with Crippen molar-refractivity contribution in [1.29, 1.82) is 0 Å². The standard InChI is InChI=1S/C20H19Cl2N3O2/c21-15-5-14(25-10-20(11-25)8-23-9-20)6-16(22)18(15)19(26)24-7-13-3-1-2-4-17(13)27-12-24/h1-6,23H,7-12H2/i4D. The van der Waals surface area contributed by atoms with Gasteiger partial charge in [-0.1, -0.05) is 41.4 Å². The summed E-state index contributed by atoms with van der Waals surface area (Å²) in [7, 11) is 0. The molecule has 2 aromatic carbocycles. The maximum Gasteiger partial charge on any atom is 0.259 e. The number of nitrogens with zero attached hydrogens (tertiary/aromatic N) is 2. The normalized spacial score (nSPS) is 20.3. The summed E-state index contributed by atoms with van der Waals surface area (Å²) < 4.78 is 13.5. The molecule has 0 aliphatic carbocycles. The number of hydrogen-bond acceptors (Lipinski definition) is 4. The molecule has 2 fully saturated rings. The van der Waals surface area contributed by atoms with Crippen molar-refractivity contribution in [1.82, 2.24) is 10.2 Å². The van der Waals surface area contributed by atoms with Crippen molar-refractivity contribution in [2.24, 2.45) is 5.41 Å². The highest BCUT2D eigenvalue weighted by molar-refractivity contribution is 6.40. The molecule has 1 spiro atoms. The molecule has 1 N–H and O–H groups in total. The van der Waals surface area contributed by atoms with E-state index in [4.69, 9.17) is 29.3 Å². The number of benzene rings is 2. The fourth-order valence-corrected chi connectivity index (χ4v) is 4.63. The van der Waals surface area contributed by atoms with Crippen molar-refractivity contribution in [3.05, 3.63) is 57.5 Å². The van der Waals surface area contributed by atoms with Gasteiger partial charge in [-0.2, -0.15) is 0 Å². The molecule has 27 heavy (non-hydrogen) atoms. The van der Waals surface area contributed by atoms with Crippen LogP contribution in [0.1, 0.15) is 17.3 Å². The minimum Gasteiger partial charge on any atom is -0.473 e. The number of fused-ring (bicyclic) bond motifs is 1. The highest BCUT2D eigenvalue weighted by atomic mass is 35.5. The van der Waals surface area contributed by atoms with Crippen LogP contribution in [0.2, 0.25) is 10.0 Å². The Labute approximate surface area is 169 Å². The average Bonchev–Trinajstić information content (AvgIpc) is 2.58. The number of hydrogen-bond donors (Lipinski definition) is 1. The largest absolute Gasteiger partial charge is 0.473 e. The minimum atomic E-state index is -0.272. The van der Waals surface area contributed by atoms with Gasteiger partial charge in [0.1, 0.15) is 5.75 Å². The van der Waals surface area contributed by atoms with E-state index in [1.54, 1.807) is 17.0 Å². The molecule has 3 heterocycles. The summed E-state index contributed by atoms with van der Waals surface area (Å²) in [5.41, 5.74) is 2.43. The van der Waals surface area contributed by atoms with E-state index in [0.29, 0.717) is 39.4 Å². The van der Waals surface area contributed by atoms with E-state index >= 15 is 0 Å². The van der Waals surface area contributed by atoms with Gasteiger partial charge in [-0.3, -0.25) is 4.79 Å². The topological polar surface area (TPSA) is 44.8 Å². The van der Waals surface area contributed by atoms with Crippen LogP contribution in [-0.4, -0.2) is 43.7 Å². The van der Waals surface area contributed by atoms with Crippen molar-refractivity contribution < 1.29 is 10.9 Å². The zero-order chi connectivity index (χ0) is 19.5. The van der Waals surface area contributed by atoms with Crippen LogP contribution in [0.25, 0.3) is 0 Å². The molecule has 0 unspecified atom stereocenters. The maximum absolute atomic E-state index is 13.1. The lowest BCUT2D eigenvalue weighted by Gasteiger charge is -2.57. The first kappa shape index (κ1) is 16.0. The Kier molecular flexibility index (Phi) is 3.74. The molecule has 2 saturated heterocycles. The van der Waals surface area contributed by atoms with Crippen LogP contribution >= 0.6 is 23.2 Å². The maximum atomic E-state index is 13.1. The molecule has 0 aromatic heterocycles. The molecule has 1 amide bonds. The lowest BCUT2D eigenvalue weighted by atomic mass is 9.74. The molecule has 0 atom stereocenters. The monoisotopic (exact) mass is 404 g/mol. The van der Waals surface area contributed by atoms with Gasteiger partial charge in [0.25, 0.3) is 5.91 Å². The molecular formula is C20H19Cl2N3O2. The summed E-state index contributed by atoms with van der Waals surface area (Å²) in [6, 6.07) is 9.26. The second kappa shape index (κ2) is 6.30. The number of carbonyl (C=O) groups is 1. The summed E-state index contributed by atoms with van der Waals surface area (Å²) in [6.45, 7) is 4.49. The molecule has 5 nitrogen and oxygen atoms in total. The molecule has 0 bridgehead atoms. The number of nitrogens with one attached hydrogen (secondary N) is 1. The van der Waals surface area contributed by atoms with Crippen LogP contribution in [0.3, 0.4) is 0 Å². The van der Waals surface area contributed by atoms with E-state index in [2.05, 4.69) is 10.2 Å². The first-order valence-electron chi connectivity index (χ1n) is 9.41. The van der Waals surface area contributed by atoms with Gasteiger partial charge in [0.2, 0.25) is 0 Å². The third-order valence-corrected chi connectivity index (χ3v) is 6.17. The Bertz CT molecular complexity index is 949. The lowest BCUT2D eigenvalue weighted by Crippen LogP contribution is -2.71. The number of para-hydroxylation sites is 1. The Morgan fingerprint density at radius 2 is 1.96 bits per heavy atom. The van der Waals surface area contributed by atoms with Gasteiger partial charge in [0.05, 0.1) is 23.5 Å². The predicted octanol–water partition coefficient (Wildman–Crippen LogP) is 3.40. The lowest BCUT2D eigenvalue weighted by molar-refractivity contribution is 0.0515. The van der Waals surface area contributed by atoms with Crippen molar-refractivity contribution in [2.45, 2.75) is 6.54 Å². The van der Waals surface area contributed by atoms with Gasteiger partial charge in [-0.25, -0.2) is 0 Å². The summed E-state index contributed by atoms with van der Waals surface area (Å²) in [6.07, 6.45) is 0. The number of rotatable bonds is 2. The molecule has 7 heteroatoms. The Hall–Kier alpha value is -1.95. The third-order valence-electron chi connectivity index (χ3n) is 5.57. The molecular weight excluding hydrogens is 385 g/mol. The van der Waals surface area contributed by atoms with Crippen molar-refractivity contribution in [2.75, 3.05) is 37.8 Å². The Morgan fingerprint density at radius 1 is 1.22 bits per heavy atom. The van der Waals surface area contributed by atoms with Crippen LogP contribution in [0.4, 0.5) is 5.69 Å². The summed E-state index contributed by atoms with van der Waals surface area (Å²) in [5.74, 6) is 0.252. The number of ether oxygens (including phenoxy) is 1. The highest BCUT2D eigenvalue weighted by Crippen LogP contribution is 2.40. The van der Waals surface area contributed by atoms with Crippen LogP contribution in [-0.2, 0) is 6.54 Å². The first-order chi connectivity index (χ1) is 13.5. The van der Waals surface area contributed by atoms with Gasteiger partial charge in [0, 0.05) is 42.8 Å². The van der Waals surface area contributed by atoms with Crippen LogP contribution in [0.5, 0.6) is 5.75 Å². The van der Waals surface area contributed by atoms with Gasteiger partial charge >= 0.3 is 0 Å². The molecule has 3 aliphatic rings. The van der Waals surface area contributed by atoms with Gasteiger partial charge in [-0.05, 0) is 18.2 Å². The van der Waals surface area contributed by atoms with Crippen LogP contribution in [0.15, 0.2) is 36.4 Å². The second-order valence-corrected chi connectivity index (χ2v) is 8.36. The Morgan fingerprint density at radius 3 is 2.63 bits per heavy atom. The summed E-state index contributed by atoms with van der Waals surface area (Å²) >= 11 is 13.0. The van der Waals surface area contributed by atoms with Gasteiger partial charge in [-0.15, -0.1) is 0 Å². The fraction of sp³-hybridized carbons (Fsp3) is 0.350. The quantitative estimate of drug-likeness (QED) is 0.832. The van der Waals surface area contributed by atoms with Crippen molar-refractivity contribution in [3.8, 4) is 5.75 Å². The second-order valence-electron chi connectivity index (χ2n) is 7.55. The van der Waals surface area contributed by atoms with Crippen molar-refractivity contribution >= 4 is 34.8 Å². The average molecular weight is 405 g/mol. The number of carbonyl (C=O) groups excluding carboxylic acids is 1. The molecule has 0 saturated carbocycles. The molecule has 5 rings (SSSR count). The zero-order valence-electron chi connectivity index (χ0n) is 15.6. The highest BCUT2D eigenvalue weighted by Gasteiger charge is 2.47. The van der Waals surface area contributed by atoms with E-state index in [1.165, 1.54) is 0 Å². The van der Waals surface area contributed by atoms with E-state index in [1.807, 2.05) is 18.2 Å². The molecule has 0 radical (unpaired) electrons. The van der Waals surface area contributed by atoms with Crippen molar-refractivity contribution in [3.63, 3.8) is 0 Å². The molecule has 2 aromatic rings. The van der Waals surface area contributed by atoms with Gasteiger partial charge in [0.15, 0.2) is 6.73 Å². The van der Waals surface area contributed by atoms with Crippen LogP contribution < -0.4 is 15.0 Å². The number of halogens is 2. The Balaban J connectivity index is 1.36. The van der Waals surface area contributed by atoms with E-state index in [-0.39, 0.29) is 12.6 Å². The number of amides is 1. The van der Waals surface area contributed by atoms with E-state index in [9.17, 15) is 4.79 Å². The summed E-state index contributed by atoms with van der Waals surface area (Å²) in [4.78, 5) is 16.9. The predicted molar refractivity (Wildman–Crippen MR) is 106 cm³/mol. The zero-order valence-corrected chi connectivity index (χ0v) is 16.1.